The first-order valence-electron chi connectivity index (χ1n) is 5.25. The van der Waals surface area contributed by atoms with Crippen molar-refractivity contribution in [2.24, 2.45) is 7.05 Å². The van der Waals surface area contributed by atoms with Gasteiger partial charge in [-0.2, -0.15) is 4.31 Å². The molecule has 1 aromatic heterocycles. The van der Waals surface area contributed by atoms with Crippen LogP contribution in [-0.2, 0) is 21.9 Å². The summed E-state index contributed by atoms with van der Waals surface area (Å²) in [5.74, 6) is -0.144. The van der Waals surface area contributed by atoms with Gasteiger partial charge in [0.1, 0.15) is 0 Å². The number of hydrogen-bond acceptors (Lipinski definition) is 5. The van der Waals surface area contributed by atoms with Crippen LogP contribution in [0.1, 0.15) is 6.42 Å². The quantitative estimate of drug-likeness (QED) is 0.753. The molecule has 1 fully saturated rings. The second-order valence-electron chi connectivity index (χ2n) is 3.81. The predicted octanol–water partition coefficient (Wildman–Crippen LogP) is -0.912. The summed E-state index contributed by atoms with van der Waals surface area (Å²) < 4.78 is 27.4. The molecule has 0 atom stereocenters. The molecule has 1 aromatic rings. The summed E-state index contributed by atoms with van der Waals surface area (Å²) in [5.41, 5.74) is 0. The van der Waals surface area contributed by atoms with Gasteiger partial charge < -0.3 is 5.32 Å². The van der Waals surface area contributed by atoms with E-state index in [-0.39, 0.29) is 35.0 Å². The minimum Gasteiger partial charge on any atom is -0.355 e. The average Bonchev–Trinajstić information content (AvgIpc) is 2.51. The molecule has 0 aromatic carbocycles. The maximum Gasteiger partial charge on any atom is 0.263 e. The van der Waals surface area contributed by atoms with Crippen molar-refractivity contribution < 1.29 is 13.2 Å². The van der Waals surface area contributed by atoms with E-state index in [1.807, 2.05) is 0 Å². The zero-order valence-corrected chi connectivity index (χ0v) is 12.0. The van der Waals surface area contributed by atoms with Crippen LogP contribution in [0, 0.1) is 0 Å². The molecule has 1 saturated heterocycles. The van der Waals surface area contributed by atoms with Crippen molar-refractivity contribution in [3.8, 4) is 0 Å². The van der Waals surface area contributed by atoms with Gasteiger partial charge in [-0.3, -0.25) is 4.79 Å². The lowest BCUT2D eigenvalue weighted by Crippen LogP contribution is -2.35. The highest BCUT2D eigenvalue weighted by molar-refractivity contribution is 9.10. The third kappa shape index (κ3) is 2.40. The molecule has 0 radical (unpaired) electrons. The number of carbonyl (C=O) groups is 1. The standard InChI is InChI=1S/C8H12BrN5O3S/c1-13-8(7(9)11-12-13)18(16,17)14-4-2-6(15)10-3-5-14/h2-5H2,1H3,(H,10,15). The lowest BCUT2D eigenvalue weighted by atomic mass is 10.4. The van der Waals surface area contributed by atoms with Gasteiger partial charge in [0.2, 0.25) is 10.9 Å². The van der Waals surface area contributed by atoms with E-state index in [4.69, 9.17) is 0 Å². The van der Waals surface area contributed by atoms with Gasteiger partial charge in [-0.05, 0) is 15.9 Å². The fourth-order valence-corrected chi connectivity index (χ4v) is 4.18. The number of aromatic nitrogens is 3. The van der Waals surface area contributed by atoms with Crippen LogP contribution in [0.3, 0.4) is 0 Å². The van der Waals surface area contributed by atoms with Gasteiger partial charge in [0, 0.05) is 33.1 Å². The third-order valence-electron chi connectivity index (χ3n) is 2.59. The van der Waals surface area contributed by atoms with Gasteiger partial charge in [0.15, 0.2) is 4.60 Å². The Morgan fingerprint density at radius 2 is 2.11 bits per heavy atom. The van der Waals surface area contributed by atoms with E-state index in [0.717, 1.165) is 0 Å². The Kier molecular flexibility index (Phi) is 3.69. The Morgan fingerprint density at radius 1 is 1.39 bits per heavy atom. The smallest absolute Gasteiger partial charge is 0.263 e. The molecule has 0 saturated carbocycles. The SMILES string of the molecule is Cn1nnc(Br)c1S(=O)(=O)N1CCNC(=O)CC1. The number of nitrogens with zero attached hydrogens (tertiary/aromatic N) is 4. The molecule has 10 heteroatoms. The Balaban J connectivity index is 2.34. The number of amides is 1. The molecule has 2 heterocycles. The molecule has 0 spiro atoms. The molecule has 1 aliphatic rings. The second-order valence-corrected chi connectivity index (χ2v) is 6.42. The van der Waals surface area contributed by atoms with Crippen LogP contribution in [0.15, 0.2) is 9.63 Å². The number of rotatable bonds is 2. The molecular weight excluding hydrogens is 326 g/mol. The molecule has 1 aliphatic heterocycles. The third-order valence-corrected chi connectivity index (χ3v) is 5.38. The number of hydrogen-bond donors (Lipinski definition) is 1. The highest BCUT2D eigenvalue weighted by Gasteiger charge is 2.32. The molecule has 0 bridgehead atoms. The van der Waals surface area contributed by atoms with Gasteiger partial charge in [-0.15, -0.1) is 5.10 Å². The van der Waals surface area contributed by atoms with Crippen LogP contribution in [-0.4, -0.2) is 53.3 Å². The lowest BCUT2D eigenvalue weighted by molar-refractivity contribution is -0.120. The molecule has 1 N–H and O–H groups in total. The van der Waals surface area contributed by atoms with Crippen LogP contribution in [0.25, 0.3) is 0 Å². The minimum absolute atomic E-state index is 0.00292. The average molecular weight is 338 g/mol. The highest BCUT2D eigenvalue weighted by atomic mass is 79.9. The fraction of sp³-hybridized carbons (Fsp3) is 0.625. The van der Waals surface area contributed by atoms with Crippen LogP contribution in [0.4, 0.5) is 0 Å². The summed E-state index contributed by atoms with van der Waals surface area (Å²) in [7, 11) is -2.19. The number of aryl methyl sites for hydroxylation is 1. The summed E-state index contributed by atoms with van der Waals surface area (Å²) in [5, 5.41) is 9.93. The topological polar surface area (TPSA) is 97.2 Å². The summed E-state index contributed by atoms with van der Waals surface area (Å²) in [6.07, 6.45) is 0.155. The van der Waals surface area contributed by atoms with Gasteiger partial charge in [-0.1, -0.05) is 5.21 Å². The zero-order chi connectivity index (χ0) is 13.3. The number of halogens is 1. The van der Waals surface area contributed by atoms with E-state index in [0.29, 0.717) is 6.54 Å². The maximum atomic E-state index is 12.4. The second kappa shape index (κ2) is 4.94. The molecule has 8 nitrogen and oxygen atoms in total. The summed E-state index contributed by atoms with van der Waals surface area (Å²) in [6.45, 7) is 0.707. The zero-order valence-electron chi connectivity index (χ0n) is 9.63. The van der Waals surface area contributed by atoms with Crippen molar-refractivity contribution in [3.63, 3.8) is 0 Å². The molecule has 0 unspecified atom stereocenters. The van der Waals surface area contributed by atoms with Crippen LogP contribution < -0.4 is 5.32 Å². The molecule has 1 amide bonds. The van der Waals surface area contributed by atoms with Gasteiger partial charge in [0.05, 0.1) is 0 Å². The maximum absolute atomic E-state index is 12.4. The van der Waals surface area contributed by atoms with Crippen LogP contribution in [0.5, 0.6) is 0 Å². The highest BCUT2D eigenvalue weighted by Crippen LogP contribution is 2.22. The van der Waals surface area contributed by atoms with Crippen molar-refractivity contribution in [1.82, 2.24) is 24.6 Å². The molecule has 18 heavy (non-hydrogen) atoms. The van der Waals surface area contributed by atoms with Crippen LogP contribution in [0.2, 0.25) is 0 Å². The Labute approximate surface area is 113 Å². The van der Waals surface area contributed by atoms with Crippen molar-refractivity contribution in [1.29, 1.82) is 0 Å². The first-order valence-corrected chi connectivity index (χ1v) is 7.48. The van der Waals surface area contributed by atoms with Crippen LogP contribution >= 0.6 is 15.9 Å². The molecule has 100 valence electrons. The van der Waals surface area contributed by atoms with E-state index in [1.165, 1.54) is 16.0 Å². The van der Waals surface area contributed by atoms with E-state index in [9.17, 15) is 13.2 Å². The van der Waals surface area contributed by atoms with Crippen molar-refractivity contribution in [3.05, 3.63) is 4.60 Å². The van der Waals surface area contributed by atoms with Crippen molar-refractivity contribution in [2.75, 3.05) is 19.6 Å². The number of nitrogens with one attached hydrogen (secondary N) is 1. The minimum atomic E-state index is -3.69. The largest absolute Gasteiger partial charge is 0.355 e. The first-order chi connectivity index (χ1) is 8.43. The fourth-order valence-electron chi connectivity index (χ4n) is 1.71. The summed E-state index contributed by atoms with van der Waals surface area (Å²) in [4.78, 5) is 11.2. The molecular formula is C8H12BrN5O3S. The van der Waals surface area contributed by atoms with Gasteiger partial charge in [-0.25, -0.2) is 13.1 Å². The summed E-state index contributed by atoms with van der Waals surface area (Å²) in [6, 6.07) is 0. The normalized spacial score (nSPS) is 18.4. The summed E-state index contributed by atoms with van der Waals surface area (Å²) >= 11 is 3.07. The Bertz CT molecular complexity index is 550. The van der Waals surface area contributed by atoms with E-state index in [2.05, 4.69) is 31.6 Å². The van der Waals surface area contributed by atoms with Crippen molar-refractivity contribution in [2.45, 2.75) is 11.4 Å². The predicted molar refractivity (Wildman–Crippen MR) is 65.1 cm³/mol. The first kappa shape index (κ1) is 13.4. The number of sulfonamides is 1. The van der Waals surface area contributed by atoms with E-state index < -0.39 is 10.0 Å². The van der Waals surface area contributed by atoms with Gasteiger partial charge >= 0.3 is 0 Å². The molecule has 0 aliphatic carbocycles. The lowest BCUT2D eigenvalue weighted by Gasteiger charge is -2.18. The Morgan fingerprint density at radius 3 is 2.72 bits per heavy atom. The van der Waals surface area contributed by atoms with Gasteiger partial charge in [0.25, 0.3) is 10.0 Å². The van der Waals surface area contributed by atoms with Crippen molar-refractivity contribution >= 4 is 31.9 Å². The monoisotopic (exact) mass is 337 g/mol. The van der Waals surface area contributed by atoms with E-state index >= 15 is 0 Å². The number of carbonyl (C=O) groups excluding carboxylic acids is 1. The Hall–Kier alpha value is -1.00. The molecule has 2 rings (SSSR count). The van der Waals surface area contributed by atoms with E-state index in [1.54, 1.807) is 0 Å².